The van der Waals surface area contributed by atoms with Gasteiger partial charge in [0.2, 0.25) is 0 Å². The molecule has 9 heteroatoms. The molecule has 12 saturated carbocycles. The number of ether oxygens (including phenoxy) is 1. The van der Waals surface area contributed by atoms with Crippen LogP contribution in [0.25, 0.3) is 0 Å². The first-order valence-corrected chi connectivity index (χ1v) is 64.1. The summed E-state index contributed by atoms with van der Waals surface area (Å²) in [5.41, 5.74) is 10.5. The van der Waals surface area contributed by atoms with Gasteiger partial charge in [-0.1, -0.05) is 231 Å². The van der Waals surface area contributed by atoms with Gasteiger partial charge in [-0.3, -0.25) is 0 Å². The van der Waals surface area contributed by atoms with E-state index in [1.54, 1.807) is 38.5 Å². The lowest BCUT2D eigenvalue weighted by atomic mass is 9.59. The first-order chi connectivity index (χ1) is 55.1. The summed E-state index contributed by atoms with van der Waals surface area (Å²) in [5, 5.41) is 0. The second-order valence-corrected chi connectivity index (χ2v) is 70.6. The fraction of sp³-hybridized carbons (Fsp3) is 0.891. The van der Waals surface area contributed by atoms with Crippen molar-refractivity contribution >= 4 is 44.3 Å². The maximum atomic E-state index is 5.46. The molecule has 0 aliphatic heterocycles. The molecule has 12 aliphatic rings. The van der Waals surface area contributed by atoms with Crippen molar-refractivity contribution in [1.82, 2.24) is 9.13 Å². The molecule has 682 valence electrons. The van der Waals surface area contributed by atoms with Gasteiger partial charge < -0.3 is 23.0 Å². The van der Waals surface area contributed by atoms with E-state index >= 15 is 0 Å². The highest BCUT2D eigenvalue weighted by atomic mass is 28.3. The molecule has 0 spiro atoms. The van der Waals surface area contributed by atoms with Crippen LogP contribution in [0.2, 0.25) is 74.5 Å². The van der Waals surface area contributed by atoms with Gasteiger partial charge in [0.05, 0.1) is 7.11 Å². The number of hydrogen-bond acceptors (Lipinski definition) is 5. The van der Waals surface area contributed by atoms with Crippen molar-refractivity contribution in [2.75, 3.05) is 16.2 Å². The minimum atomic E-state index is -1.78. The van der Waals surface area contributed by atoms with Crippen LogP contribution >= 0.6 is 0 Å². The van der Waals surface area contributed by atoms with Crippen molar-refractivity contribution in [2.45, 2.75) is 463 Å². The Labute approximate surface area is 745 Å². The summed E-state index contributed by atoms with van der Waals surface area (Å²) >= 11 is 0. The summed E-state index contributed by atoms with van der Waals surface area (Å²) < 4.78 is 17.4. The second kappa shape index (κ2) is 37.2. The highest BCUT2D eigenvalue weighted by molar-refractivity contribution is 6.83. The molecule has 2 aromatic rings. The van der Waals surface area contributed by atoms with Crippen LogP contribution in [0.15, 0.2) is 42.5 Å². The normalized spacial score (nSPS) is 37.6. The Morgan fingerprint density at radius 1 is 0.319 bits per heavy atom. The molecular weight excluding hydrogens is 1510 g/mol. The third-order valence-corrected chi connectivity index (χ3v) is 57.9. The molecule has 2 aromatic carbocycles. The van der Waals surface area contributed by atoms with Crippen LogP contribution < -0.4 is 13.9 Å². The summed E-state index contributed by atoms with van der Waals surface area (Å²) in [4.78, 5) is 0. The first-order valence-electron chi connectivity index (χ1n) is 52.0. The van der Waals surface area contributed by atoms with Gasteiger partial charge in [0.1, 0.15) is 22.2 Å². The van der Waals surface area contributed by atoms with Gasteiger partial charge in [-0.25, -0.2) is 0 Å². The molecule has 119 heavy (non-hydrogen) atoms. The third-order valence-electron chi connectivity index (χ3n) is 38.5. The van der Waals surface area contributed by atoms with E-state index in [0.717, 1.165) is 182 Å². The van der Waals surface area contributed by atoms with Crippen LogP contribution in [0.4, 0.5) is 11.4 Å². The first kappa shape index (κ1) is 98.2. The summed E-state index contributed by atoms with van der Waals surface area (Å²) in [6, 6.07) is 16.5. The molecule has 14 rings (SSSR count). The van der Waals surface area contributed by atoms with Gasteiger partial charge in [0.25, 0.3) is 0 Å². The second-order valence-electron chi connectivity index (χ2n) is 52.9. The van der Waals surface area contributed by atoms with Crippen LogP contribution in [0.5, 0.6) is 5.75 Å². The third kappa shape index (κ3) is 19.2. The molecule has 0 amide bonds. The zero-order valence-electron chi connectivity index (χ0n) is 86.1. The Balaban J connectivity index is 0.000000156. The molecule has 28 atom stereocenters. The van der Waals surface area contributed by atoms with Crippen molar-refractivity contribution < 1.29 is 4.74 Å². The largest absolute Gasteiger partial charge is 0.497 e. The molecule has 0 N–H and O–H groups in total. The number of hydrogen-bond donors (Lipinski definition) is 0. The van der Waals surface area contributed by atoms with Crippen molar-refractivity contribution in [3.8, 4) is 5.75 Å². The summed E-state index contributed by atoms with van der Waals surface area (Å²) in [6.45, 7) is 94.4. The standard InChI is InChI=1S/C29H49NSi.C28H47NOSi.C27H53NSi.C26H51NSi/c1-19-13-12-14-20(2)27(19)30(29(5,6)7)31(8,9)28-22(4)21(3)26-24-16-11-10-15-23(24)17-18-25(26)28;1-19-20(2)27(25-18-13-21-11-9-10-12-24(21)26(19)25)31(7,8)29(28(3,4)5)22-14-16-23(30-6)17-15-22;1-18(2)23-19(3)25(29(10,11)28(26(4,5)6)27(7,8)9)22-17-16-20-14-12-13-15-21(20)24(22)23;1-17(2)23-19(5)25(28(9,10)27(18(3)4)26(6,7)8)22-16-15-20-13-11-12-14-21(20)24(22)23/h12-14,21-26,28H,10-11,15-18H2,1-9H3;14-17,19-21,24-27H,9-13,18H2,1-8H3;18-25H,12-17H2,1-11H3;17-25H,11-16H2,1-10H3. The van der Waals surface area contributed by atoms with Crippen molar-refractivity contribution in [3.05, 3.63) is 53.6 Å². The van der Waals surface area contributed by atoms with Crippen LogP contribution in [0.1, 0.15) is 352 Å². The van der Waals surface area contributed by atoms with Crippen molar-refractivity contribution in [2.24, 2.45) is 154 Å². The fourth-order valence-corrected chi connectivity index (χ4v) is 62.8. The zero-order chi connectivity index (χ0) is 88.2. The summed E-state index contributed by atoms with van der Waals surface area (Å²) in [7, 11) is -5.03. The van der Waals surface area contributed by atoms with Gasteiger partial charge in [-0.15, -0.1) is 0 Å². The predicted molar refractivity (Wildman–Crippen MR) is 535 cm³/mol. The molecule has 12 fully saturated rings. The maximum absolute atomic E-state index is 5.46. The highest BCUT2D eigenvalue weighted by Crippen LogP contribution is 2.71. The lowest BCUT2D eigenvalue weighted by Crippen LogP contribution is -2.67. The van der Waals surface area contributed by atoms with E-state index in [1.807, 2.05) is 0 Å². The number of rotatable bonds is 14. The van der Waals surface area contributed by atoms with E-state index in [4.69, 9.17) is 4.74 Å². The fourth-order valence-electron chi connectivity index (χ4n) is 37.9. The molecular formula is C110H200N4OSi4. The predicted octanol–water partition coefficient (Wildman–Crippen LogP) is 32.6. The van der Waals surface area contributed by atoms with Crippen LogP contribution in [-0.2, 0) is 0 Å². The molecule has 0 heterocycles. The number of methoxy groups -OCH3 is 1. The van der Waals surface area contributed by atoms with E-state index in [-0.39, 0.29) is 27.7 Å². The minimum absolute atomic E-state index is 0.118. The van der Waals surface area contributed by atoms with E-state index in [9.17, 15) is 0 Å². The smallest absolute Gasteiger partial charge is 0.154 e. The molecule has 12 aliphatic carbocycles. The number of nitrogens with zero attached hydrogens (tertiary/aromatic N) is 4. The van der Waals surface area contributed by atoms with Gasteiger partial charge in [0, 0.05) is 39.1 Å². The number of fused-ring (bicyclic) bond motifs is 12. The van der Waals surface area contributed by atoms with Gasteiger partial charge >= 0.3 is 0 Å². The molecule has 0 aromatic heterocycles. The average molecular weight is 1710 g/mol. The number of anilines is 2. The lowest BCUT2D eigenvalue weighted by Gasteiger charge is -2.58. The van der Waals surface area contributed by atoms with Gasteiger partial charge in [-0.2, -0.15) is 0 Å². The number of para-hydroxylation sites is 1. The SMILES string of the molecule is CC(C)C1C(C)C([Si](C)(C)N(C(C)(C)C)C(C)(C)C)C2CCC3CCCCC3C21.CC(C)C1C(C)C([Si](C)(C)N(C(C)C)C(C)(C)C)C2CCC3CCCCC3C21.COc1ccc(N(C(C)(C)C)[Si](C)(C)C2C(C)C(C)C3C4CCCCC4CCC32)cc1.Cc1cccc(C)c1N(C(C)(C)C)[Si](C)(C)C1C(C)C(C)C2C3CCCCC3CCC21. The quantitative estimate of drug-likeness (QED) is 0.175. The molecule has 0 saturated heterocycles. The summed E-state index contributed by atoms with van der Waals surface area (Å²) in [6.07, 6.45) is 36.4. The summed E-state index contributed by atoms with van der Waals surface area (Å²) in [5.74, 6) is 26.1. The van der Waals surface area contributed by atoms with Gasteiger partial charge in [-0.05, 0) is 412 Å². The maximum Gasteiger partial charge on any atom is 0.154 e. The Kier molecular flexibility index (Phi) is 30.7. The zero-order valence-corrected chi connectivity index (χ0v) is 90.1. The topological polar surface area (TPSA) is 22.2 Å². The Morgan fingerprint density at radius 2 is 0.622 bits per heavy atom. The van der Waals surface area contributed by atoms with Crippen LogP contribution in [0.3, 0.4) is 0 Å². The van der Waals surface area contributed by atoms with Gasteiger partial charge in [0.15, 0.2) is 16.5 Å². The Morgan fingerprint density at radius 3 is 0.924 bits per heavy atom. The highest BCUT2D eigenvalue weighted by Gasteiger charge is 2.66. The Bertz CT molecular complexity index is 3520. The molecule has 28 unspecified atom stereocenters. The average Bonchev–Trinajstić information content (AvgIpc) is 1.57. The van der Waals surface area contributed by atoms with Crippen molar-refractivity contribution in [3.63, 3.8) is 0 Å². The number of aryl methyl sites for hydroxylation is 2. The van der Waals surface area contributed by atoms with E-state index in [1.165, 1.54) is 145 Å². The Hall–Kier alpha value is -1.37. The molecule has 5 nitrogen and oxygen atoms in total. The monoisotopic (exact) mass is 1710 g/mol. The molecule has 0 radical (unpaired) electrons. The van der Waals surface area contributed by atoms with Crippen molar-refractivity contribution in [1.29, 1.82) is 0 Å². The molecule has 0 bridgehead atoms. The van der Waals surface area contributed by atoms with E-state index in [0.29, 0.717) is 6.04 Å². The van der Waals surface area contributed by atoms with E-state index in [2.05, 4.69) is 314 Å². The minimum Gasteiger partial charge on any atom is -0.497 e. The lowest BCUT2D eigenvalue weighted by molar-refractivity contribution is 0.0312. The number of benzene rings is 2. The van der Waals surface area contributed by atoms with Crippen LogP contribution in [-0.4, -0.2) is 82.9 Å². The van der Waals surface area contributed by atoms with Crippen LogP contribution in [0, 0.1) is 168 Å². The van der Waals surface area contributed by atoms with E-state index < -0.39 is 32.9 Å².